The highest BCUT2D eigenvalue weighted by atomic mass is 35.5. The van der Waals surface area contributed by atoms with Gasteiger partial charge in [0.15, 0.2) is 11.5 Å². The summed E-state index contributed by atoms with van der Waals surface area (Å²) in [5, 5.41) is 0.129. The normalized spacial score (nSPS) is 13.2. The largest absolute Gasteiger partial charge is 0.493 e. The lowest BCUT2D eigenvalue weighted by molar-refractivity contribution is 0.354. The van der Waals surface area contributed by atoms with E-state index in [-0.39, 0.29) is 16.3 Å². The van der Waals surface area contributed by atoms with Crippen LogP contribution in [0.15, 0.2) is 12.1 Å². The van der Waals surface area contributed by atoms with E-state index in [1.807, 2.05) is 0 Å². The fourth-order valence-corrected chi connectivity index (χ4v) is 1.29. The van der Waals surface area contributed by atoms with Crippen molar-refractivity contribution >= 4 is 11.6 Å². The van der Waals surface area contributed by atoms with E-state index in [4.69, 9.17) is 29.5 Å². The van der Waals surface area contributed by atoms with Crippen LogP contribution in [0.4, 0.5) is 0 Å². The summed E-state index contributed by atoms with van der Waals surface area (Å²) in [6.45, 7) is -2.00. The SMILES string of the molecule is [2H]C([2H])(N)c1ccc(OC)c(OC)c1Cl. The van der Waals surface area contributed by atoms with Gasteiger partial charge in [0.1, 0.15) is 0 Å². The average Bonchev–Trinajstić information content (AvgIpc) is 2.15. The minimum absolute atomic E-state index is 0.129. The molecule has 1 rings (SSSR count). The molecule has 0 spiro atoms. The van der Waals surface area contributed by atoms with Gasteiger partial charge in [-0.1, -0.05) is 17.7 Å². The van der Waals surface area contributed by atoms with Gasteiger partial charge in [0.2, 0.25) is 0 Å². The molecule has 0 bridgehead atoms. The summed E-state index contributed by atoms with van der Waals surface area (Å²) in [4.78, 5) is 0. The number of nitrogens with two attached hydrogens (primary N) is 1. The molecule has 0 unspecified atom stereocenters. The van der Waals surface area contributed by atoms with Crippen molar-refractivity contribution in [1.82, 2.24) is 0 Å². The maximum absolute atomic E-state index is 7.38. The van der Waals surface area contributed by atoms with E-state index < -0.39 is 6.50 Å². The first-order valence-electron chi connectivity index (χ1n) is 4.61. The third-order valence-corrected chi connectivity index (χ3v) is 2.02. The Labute approximate surface area is 85.2 Å². The van der Waals surface area contributed by atoms with Gasteiger partial charge in [-0.25, -0.2) is 0 Å². The Kier molecular flexibility index (Phi) is 2.50. The molecule has 0 aliphatic carbocycles. The first kappa shape index (κ1) is 7.47. The molecule has 1 aromatic rings. The quantitative estimate of drug-likeness (QED) is 0.815. The molecule has 2 N–H and O–H groups in total. The molecule has 0 aromatic heterocycles. The average molecular weight is 204 g/mol. The van der Waals surface area contributed by atoms with Gasteiger partial charge in [-0.3, -0.25) is 0 Å². The first-order valence-corrected chi connectivity index (χ1v) is 3.99. The summed E-state index contributed by atoms with van der Waals surface area (Å²) in [6.07, 6.45) is 0. The van der Waals surface area contributed by atoms with Gasteiger partial charge >= 0.3 is 0 Å². The monoisotopic (exact) mass is 203 g/mol. The van der Waals surface area contributed by atoms with Gasteiger partial charge in [-0.2, -0.15) is 0 Å². The van der Waals surface area contributed by atoms with Crippen molar-refractivity contribution in [1.29, 1.82) is 0 Å². The van der Waals surface area contributed by atoms with Crippen molar-refractivity contribution in [3.05, 3.63) is 22.7 Å². The number of ether oxygens (including phenoxy) is 2. The molecule has 3 nitrogen and oxygen atoms in total. The predicted molar refractivity (Wildman–Crippen MR) is 52.4 cm³/mol. The van der Waals surface area contributed by atoms with E-state index in [0.717, 1.165) is 0 Å². The minimum atomic E-state index is -2.00. The summed E-state index contributed by atoms with van der Waals surface area (Å²) >= 11 is 5.95. The summed E-state index contributed by atoms with van der Waals surface area (Å²) < 4.78 is 24.8. The highest BCUT2D eigenvalue weighted by molar-refractivity contribution is 6.33. The van der Waals surface area contributed by atoms with Crippen LogP contribution in [0.5, 0.6) is 11.5 Å². The van der Waals surface area contributed by atoms with Crippen LogP contribution in [0.25, 0.3) is 0 Å². The molecule has 13 heavy (non-hydrogen) atoms. The fraction of sp³-hybridized carbons (Fsp3) is 0.333. The molecular weight excluding hydrogens is 190 g/mol. The van der Waals surface area contributed by atoms with E-state index in [9.17, 15) is 0 Å². The second-order valence-electron chi connectivity index (χ2n) is 2.31. The Hall–Kier alpha value is -0.930. The molecule has 72 valence electrons. The molecule has 4 heteroatoms. The van der Waals surface area contributed by atoms with Crippen LogP contribution in [0.1, 0.15) is 8.30 Å². The van der Waals surface area contributed by atoms with E-state index in [0.29, 0.717) is 5.75 Å². The second kappa shape index (κ2) is 4.35. The number of benzene rings is 1. The Morgan fingerprint density at radius 2 is 2.15 bits per heavy atom. The van der Waals surface area contributed by atoms with E-state index in [1.54, 1.807) is 6.07 Å². The number of halogens is 1. The van der Waals surface area contributed by atoms with Gasteiger partial charge in [0, 0.05) is 9.24 Å². The molecule has 0 radical (unpaired) electrons. The molecule has 0 aliphatic rings. The number of hydrogen-bond acceptors (Lipinski definition) is 3. The van der Waals surface area contributed by atoms with E-state index in [2.05, 4.69) is 0 Å². The Morgan fingerprint density at radius 1 is 1.46 bits per heavy atom. The van der Waals surface area contributed by atoms with Crippen molar-refractivity contribution in [3.63, 3.8) is 0 Å². The van der Waals surface area contributed by atoms with Crippen LogP contribution in [-0.2, 0) is 6.50 Å². The molecule has 0 aliphatic heterocycles. The topological polar surface area (TPSA) is 44.5 Å². The van der Waals surface area contributed by atoms with Crippen LogP contribution >= 0.6 is 11.6 Å². The van der Waals surface area contributed by atoms with Crippen LogP contribution in [0.2, 0.25) is 5.02 Å². The number of rotatable bonds is 3. The Bertz CT molecular complexity index is 366. The predicted octanol–water partition coefficient (Wildman–Crippen LogP) is 1.82. The van der Waals surface area contributed by atoms with Crippen molar-refractivity contribution < 1.29 is 12.2 Å². The lowest BCUT2D eigenvalue weighted by Crippen LogP contribution is -2.00. The molecular formula is C9H12ClNO2. The Balaban J connectivity index is 3.36. The van der Waals surface area contributed by atoms with Crippen molar-refractivity contribution in [2.75, 3.05) is 14.2 Å². The van der Waals surface area contributed by atoms with Crippen molar-refractivity contribution in [3.8, 4) is 11.5 Å². The summed E-state index contributed by atoms with van der Waals surface area (Å²) in [6, 6.07) is 3.04. The maximum atomic E-state index is 7.38. The maximum Gasteiger partial charge on any atom is 0.179 e. The van der Waals surface area contributed by atoms with Gasteiger partial charge in [0.05, 0.1) is 19.2 Å². The lowest BCUT2D eigenvalue weighted by atomic mass is 10.2. The van der Waals surface area contributed by atoms with Gasteiger partial charge in [-0.05, 0) is 11.6 Å². The first-order chi connectivity index (χ1) is 6.91. The van der Waals surface area contributed by atoms with E-state index in [1.165, 1.54) is 20.3 Å². The standard InChI is InChI=1S/C9H12ClNO2/c1-12-7-4-3-6(5-11)8(10)9(7)13-2/h3-4H,5,11H2,1-2H3/i5D2. The molecule has 0 amide bonds. The molecule has 1 aromatic carbocycles. The van der Waals surface area contributed by atoms with Gasteiger partial charge < -0.3 is 15.2 Å². The number of hydrogen-bond donors (Lipinski definition) is 1. The zero-order valence-electron chi connectivity index (χ0n) is 9.43. The van der Waals surface area contributed by atoms with Crippen LogP contribution in [0.3, 0.4) is 0 Å². The highest BCUT2D eigenvalue weighted by Gasteiger charge is 2.11. The second-order valence-corrected chi connectivity index (χ2v) is 2.68. The zero-order valence-corrected chi connectivity index (χ0v) is 8.18. The highest BCUT2D eigenvalue weighted by Crippen LogP contribution is 2.36. The Morgan fingerprint density at radius 3 is 2.62 bits per heavy atom. The zero-order chi connectivity index (χ0) is 11.6. The van der Waals surface area contributed by atoms with Crippen LogP contribution in [-0.4, -0.2) is 14.2 Å². The molecule has 0 saturated carbocycles. The third-order valence-electron chi connectivity index (χ3n) is 1.64. The van der Waals surface area contributed by atoms with Crippen molar-refractivity contribution in [2.45, 2.75) is 6.50 Å². The van der Waals surface area contributed by atoms with E-state index >= 15 is 0 Å². The molecule has 0 atom stereocenters. The van der Waals surface area contributed by atoms with Crippen LogP contribution in [0, 0.1) is 0 Å². The molecule has 0 heterocycles. The number of methoxy groups -OCH3 is 2. The lowest BCUT2D eigenvalue weighted by Gasteiger charge is -2.11. The van der Waals surface area contributed by atoms with Crippen LogP contribution < -0.4 is 15.2 Å². The minimum Gasteiger partial charge on any atom is -0.493 e. The summed E-state index contributed by atoms with van der Waals surface area (Å²) in [5.41, 5.74) is 5.49. The summed E-state index contributed by atoms with van der Waals surface area (Å²) in [5.74, 6) is 0.724. The molecule has 0 saturated heterocycles. The van der Waals surface area contributed by atoms with Crippen molar-refractivity contribution in [2.24, 2.45) is 5.73 Å². The van der Waals surface area contributed by atoms with Gasteiger partial charge in [0.25, 0.3) is 0 Å². The molecule has 0 fully saturated rings. The summed E-state index contributed by atoms with van der Waals surface area (Å²) in [7, 11) is 2.91. The smallest absolute Gasteiger partial charge is 0.179 e. The van der Waals surface area contributed by atoms with Gasteiger partial charge in [-0.15, -0.1) is 0 Å². The fourth-order valence-electron chi connectivity index (χ4n) is 1.00. The third kappa shape index (κ3) is 1.87.